The van der Waals surface area contributed by atoms with Crippen LogP contribution in [-0.2, 0) is 0 Å². The standard InChI is InChI=1S/C20H42/c1-6-8-10-11-12-13-14-15-16-18-19(17-9-7-2)20(3,4)5/h19H,6-18H2,1-5H3. The molecule has 0 saturated carbocycles. The van der Waals surface area contributed by atoms with Gasteiger partial charge in [-0.3, -0.25) is 0 Å². The van der Waals surface area contributed by atoms with E-state index >= 15 is 0 Å². The number of hydrogen-bond donors (Lipinski definition) is 0. The molecule has 0 N–H and O–H groups in total. The van der Waals surface area contributed by atoms with E-state index in [1.165, 1.54) is 83.5 Å². The minimum Gasteiger partial charge on any atom is -0.0654 e. The molecule has 0 aromatic carbocycles. The Morgan fingerprint density at radius 2 is 0.950 bits per heavy atom. The molecule has 0 nitrogen and oxygen atoms in total. The van der Waals surface area contributed by atoms with Gasteiger partial charge in [0.1, 0.15) is 0 Å². The largest absolute Gasteiger partial charge is 0.0654 e. The summed E-state index contributed by atoms with van der Waals surface area (Å²) in [5, 5.41) is 0. The second-order valence-corrected chi connectivity index (χ2v) is 7.82. The van der Waals surface area contributed by atoms with Crippen LogP contribution in [0.3, 0.4) is 0 Å². The van der Waals surface area contributed by atoms with Gasteiger partial charge in [0, 0.05) is 0 Å². The van der Waals surface area contributed by atoms with Crippen LogP contribution in [-0.4, -0.2) is 0 Å². The first-order valence-corrected chi connectivity index (χ1v) is 9.52. The molecule has 0 aliphatic carbocycles. The van der Waals surface area contributed by atoms with Crippen molar-refractivity contribution in [2.45, 2.75) is 118 Å². The van der Waals surface area contributed by atoms with Gasteiger partial charge in [-0.2, -0.15) is 0 Å². The van der Waals surface area contributed by atoms with Gasteiger partial charge in [0.2, 0.25) is 0 Å². The molecule has 1 unspecified atom stereocenters. The van der Waals surface area contributed by atoms with Crippen LogP contribution in [0.5, 0.6) is 0 Å². The van der Waals surface area contributed by atoms with Gasteiger partial charge in [-0.1, -0.05) is 105 Å². The van der Waals surface area contributed by atoms with E-state index in [1.54, 1.807) is 0 Å². The zero-order valence-electron chi connectivity index (χ0n) is 15.3. The third-order valence-electron chi connectivity index (χ3n) is 4.79. The van der Waals surface area contributed by atoms with Crippen LogP contribution in [0.15, 0.2) is 0 Å². The first-order chi connectivity index (χ1) is 9.52. The highest BCUT2D eigenvalue weighted by Crippen LogP contribution is 2.34. The van der Waals surface area contributed by atoms with Gasteiger partial charge in [-0.25, -0.2) is 0 Å². The molecule has 0 aromatic rings. The highest BCUT2D eigenvalue weighted by Gasteiger charge is 2.23. The SMILES string of the molecule is CCCCCCCCCCCC(CCCC)C(C)(C)C. The van der Waals surface area contributed by atoms with E-state index in [0.717, 1.165) is 5.92 Å². The van der Waals surface area contributed by atoms with Crippen molar-refractivity contribution in [3.8, 4) is 0 Å². The van der Waals surface area contributed by atoms with Crippen LogP contribution in [0, 0.1) is 11.3 Å². The average Bonchev–Trinajstić information content (AvgIpc) is 2.38. The first kappa shape index (κ1) is 20.0. The van der Waals surface area contributed by atoms with Gasteiger partial charge < -0.3 is 0 Å². The van der Waals surface area contributed by atoms with E-state index < -0.39 is 0 Å². The van der Waals surface area contributed by atoms with Crippen molar-refractivity contribution in [3.63, 3.8) is 0 Å². The highest BCUT2D eigenvalue weighted by molar-refractivity contribution is 4.74. The van der Waals surface area contributed by atoms with Crippen molar-refractivity contribution in [1.29, 1.82) is 0 Å². The van der Waals surface area contributed by atoms with Crippen molar-refractivity contribution in [3.05, 3.63) is 0 Å². The van der Waals surface area contributed by atoms with E-state index in [1.807, 2.05) is 0 Å². The summed E-state index contributed by atoms with van der Waals surface area (Å²) in [7, 11) is 0. The van der Waals surface area contributed by atoms with Crippen molar-refractivity contribution < 1.29 is 0 Å². The molecule has 0 rings (SSSR count). The topological polar surface area (TPSA) is 0 Å². The van der Waals surface area contributed by atoms with Crippen LogP contribution >= 0.6 is 0 Å². The Hall–Kier alpha value is 0. The number of rotatable bonds is 13. The lowest BCUT2D eigenvalue weighted by atomic mass is 9.75. The summed E-state index contributed by atoms with van der Waals surface area (Å²) in [4.78, 5) is 0. The molecule has 122 valence electrons. The van der Waals surface area contributed by atoms with Crippen LogP contribution < -0.4 is 0 Å². The summed E-state index contributed by atoms with van der Waals surface area (Å²) in [6.45, 7) is 11.9. The quantitative estimate of drug-likeness (QED) is 0.303. The van der Waals surface area contributed by atoms with Crippen LogP contribution in [0.2, 0.25) is 0 Å². The molecular weight excluding hydrogens is 240 g/mol. The van der Waals surface area contributed by atoms with Gasteiger partial charge in [0.05, 0.1) is 0 Å². The van der Waals surface area contributed by atoms with Gasteiger partial charge in [-0.05, 0) is 24.2 Å². The molecule has 0 radical (unpaired) electrons. The lowest BCUT2D eigenvalue weighted by Crippen LogP contribution is -2.20. The highest BCUT2D eigenvalue weighted by atomic mass is 14.3. The fourth-order valence-electron chi connectivity index (χ4n) is 3.16. The van der Waals surface area contributed by atoms with E-state index in [-0.39, 0.29) is 0 Å². The summed E-state index contributed by atoms with van der Waals surface area (Å²) < 4.78 is 0. The Balaban J connectivity index is 3.54. The van der Waals surface area contributed by atoms with Crippen molar-refractivity contribution in [2.75, 3.05) is 0 Å². The minimum atomic E-state index is 0.509. The smallest absolute Gasteiger partial charge is 0.0354 e. The minimum absolute atomic E-state index is 0.509. The van der Waals surface area contributed by atoms with Gasteiger partial charge in [-0.15, -0.1) is 0 Å². The van der Waals surface area contributed by atoms with Gasteiger partial charge >= 0.3 is 0 Å². The molecular formula is C20H42. The Bertz CT molecular complexity index is 187. The predicted octanol–water partition coefficient (Wildman–Crippen LogP) is 7.76. The molecule has 0 saturated heterocycles. The van der Waals surface area contributed by atoms with E-state index in [2.05, 4.69) is 34.6 Å². The lowest BCUT2D eigenvalue weighted by Gasteiger charge is -2.31. The number of unbranched alkanes of at least 4 members (excludes halogenated alkanes) is 9. The Labute approximate surface area is 130 Å². The molecule has 0 amide bonds. The van der Waals surface area contributed by atoms with E-state index in [4.69, 9.17) is 0 Å². The van der Waals surface area contributed by atoms with Crippen LogP contribution in [0.1, 0.15) is 118 Å². The molecule has 1 atom stereocenters. The average molecular weight is 283 g/mol. The Morgan fingerprint density at radius 3 is 1.40 bits per heavy atom. The van der Waals surface area contributed by atoms with Crippen molar-refractivity contribution >= 4 is 0 Å². The maximum absolute atomic E-state index is 2.43. The number of hydrogen-bond acceptors (Lipinski definition) is 0. The fraction of sp³-hybridized carbons (Fsp3) is 1.00. The maximum Gasteiger partial charge on any atom is -0.0354 e. The molecule has 0 aromatic heterocycles. The predicted molar refractivity (Wildman–Crippen MR) is 94.3 cm³/mol. The monoisotopic (exact) mass is 282 g/mol. The second kappa shape index (κ2) is 12.7. The zero-order chi connectivity index (χ0) is 15.3. The van der Waals surface area contributed by atoms with E-state index in [9.17, 15) is 0 Å². The molecule has 0 aliphatic heterocycles. The molecule has 0 fully saturated rings. The molecule has 0 heteroatoms. The van der Waals surface area contributed by atoms with Gasteiger partial charge in [0.25, 0.3) is 0 Å². The summed E-state index contributed by atoms with van der Waals surface area (Å²) in [6.07, 6.45) is 18.7. The molecule has 0 bridgehead atoms. The second-order valence-electron chi connectivity index (χ2n) is 7.82. The normalized spacial score (nSPS) is 13.7. The van der Waals surface area contributed by atoms with E-state index in [0.29, 0.717) is 5.41 Å². The molecule has 0 heterocycles. The van der Waals surface area contributed by atoms with Crippen LogP contribution in [0.4, 0.5) is 0 Å². The molecule has 0 spiro atoms. The summed E-state index contributed by atoms with van der Waals surface area (Å²) in [6, 6.07) is 0. The van der Waals surface area contributed by atoms with Crippen molar-refractivity contribution in [2.24, 2.45) is 11.3 Å². The summed E-state index contributed by atoms with van der Waals surface area (Å²) in [5.41, 5.74) is 0.509. The first-order valence-electron chi connectivity index (χ1n) is 9.52. The van der Waals surface area contributed by atoms with Gasteiger partial charge in [0.15, 0.2) is 0 Å². The third-order valence-corrected chi connectivity index (χ3v) is 4.79. The summed E-state index contributed by atoms with van der Waals surface area (Å²) >= 11 is 0. The summed E-state index contributed by atoms with van der Waals surface area (Å²) in [5.74, 6) is 0.937. The lowest BCUT2D eigenvalue weighted by molar-refractivity contribution is 0.202. The maximum atomic E-state index is 2.43. The fourth-order valence-corrected chi connectivity index (χ4v) is 3.16. The molecule has 20 heavy (non-hydrogen) atoms. The van der Waals surface area contributed by atoms with Crippen LogP contribution in [0.25, 0.3) is 0 Å². The Kier molecular flexibility index (Phi) is 12.7. The molecule has 0 aliphatic rings. The van der Waals surface area contributed by atoms with Crippen molar-refractivity contribution in [1.82, 2.24) is 0 Å². The zero-order valence-corrected chi connectivity index (χ0v) is 15.3. The Morgan fingerprint density at radius 1 is 0.550 bits per heavy atom. The third kappa shape index (κ3) is 11.8.